The van der Waals surface area contributed by atoms with Crippen LogP contribution in [-0.4, -0.2) is 29.9 Å². The molecule has 6 nitrogen and oxygen atoms in total. The van der Waals surface area contributed by atoms with E-state index in [9.17, 15) is 4.79 Å². The highest BCUT2D eigenvalue weighted by atomic mass is 16.5. The number of benzene rings is 1. The lowest BCUT2D eigenvalue weighted by Crippen LogP contribution is -2.25. The zero-order chi connectivity index (χ0) is 16.6. The van der Waals surface area contributed by atoms with Gasteiger partial charge in [-0.2, -0.15) is 5.10 Å². The Morgan fingerprint density at radius 1 is 1.26 bits per heavy atom. The fourth-order valence-electron chi connectivity index (χ4n) is 3.02. The second-order valence-electron chi connectivity index (χ2n) is 5.90. The molecule has 6 heteroatoms. The number of methoxy groups -OCH3 is 2. The lowest BCUT2D eigenvalue weighted by Gasteiger charge is -2.26. The van der Waals surface area contributed by atoms with Gasteiger partial charge >= 0.3 is 0 Å². The Morgan fingerprint density at radius 3 is 2.70 bits per heavy atom. The maximum absolute atomic E-state index is 12.2. The lowest BCUT2D eigenvalue weighted by atomic mass is 9.86. The van der Waals surface area contributed by atoms with Crippen LogP contribution in [-0.2, 0) is 4.79 Å². The topological polar surface area (TPSA) is 65.4 Å². The Bertz CT molecular complexity index is 737. The molecule has 1 aromatic heterocycles. The van der Waals surface area contributed by atoms with Gasteiger partial charge in [-0.15, -0.1) is 0 Å². The molecule has 1 atom stereocenters. The maximum Gasteiger partial charge on any atom is 0.226 e. The van der Waals surface area contributed by atoms with Gasteiger partial charge in [0, 0.05) is 29.5 Å². The molecule has 0 unspecified atom stereocenters. The smallest absolute Gasteiger partial charge is 0.226 e. The average molecular weight is 315 g/mol. The summed E-state index contributed by atoms with van der Waals surface area (Å²) in [5.41, 5.74) is 1.94. The number of carbonyl (C=O) groups is 1. The molecule has 0 radical (unpaired) electrons. The van der Waals surface area contributed by atoms with Crippen molar-refractivity contribution in [1.82, 2.24) is 9.78 Å². The molecule has 0 saturated heterocycles. The predicted octanol–water partition coefficient (Wildman–Crippen LogP) is 2.96. The Morgan fingerprint density at radius 2 is 2.04 bits per heavy atom. The highest BCUT2D eigenvalue weighted by molar-refractivity contribution is 5.94. The van der Waals surface area contributed by atoms with Crippen molar-refractivity contribution in [2.45, 2.75) is 32.2 Å². The van der Waals surface area contributed by atoms with Crippen molar-refractivity contribution in [2.75, 3.05) is 19.5 Å². The monoisotopic (exact) mass is 315 g/mol. The molecular formula is C17H21N3O3. The number of rotatable bonds is 4. The summed E-state index contributed by atoms with van der Waals surface area (Å²) >= 11 is 0. The fraction of sp³-hybridized carbons (Fsp3) is 0.412. The van der Waals surface area contributed by atoms with Crippen molar-refractivity contribution in [3.63, 3.8) is 0 Å². The molecule has 1 aliphatic heterocycles. The number of hydrogen-bond acceptors (Lipinski definition) is 4. The number of fused-ring (bicyclic) bond motifs is 1. The van der Waals surface area contributed by atoms with E-state index in [-0.39, 0.29) is 17.9 Å². The largest absolute Gasteiger partial charge is 0.497 e. The van der Waals surface area contributed by atoms with Crippen LogP contribution in [0, 0.1) is 0 Å². The minimum Gasteiger partial charge on any atom is -0.497 e. The molecular weight excluding hydrogens is 294 g/mol. The number of hydrogen-bond donors (Lipinski definition) is 1. The minimum absolute atomic E-state index is 0.0187. The third kappa shape index (κ3) is 2.65. The van der Waals surface area contributed by atoms with Gasteiger partial charge in [0.2, 0.25) is 5.91 Å². The van der Waals surface area contributed by atoms with Gasteiger partial charge in [-0.3, -0.25) is 4.79 Å². The van der Waals surface area contributed by atoms with E-state index in [0.717, 1.165) is 28.4 Å². The summed E-state index contributed by atoms with van der Waals surface area (Å²) < 4.78 is 12.7. The first-order valence-electron chi connectivity index (χ1n) is 7.64. The van der Waals surface area contributed by atoms with E-state index in [1.165, 1.54) is 0 Å². The van der Waals surface area contributed by atoms with Gasteiger partial charge in [-0.05, 0) is 32.0 Å². The number of ether oxygens (including phenoxy) is 2. The summed E-state index contributed by atoms with van der Waals surface area (Å²) in [4.78, 5) is 12.2. The summed E-state index contributed by atoms with van der Waals surface area (Å²) in [5.74, 6) is 2.13. The fourth-order valence-corrected chi connectivity index (χ4v) is 3.02. The number of nitrogens with one attached hydrogen (secondary N) is 1. The number of nitrogens with zero attached hydrogens (tertiary/aromatic N) is 2. The lowest BCUT2D eigenvalue weighted by molar-refractivity contribution is -0.116. The third-order valence-corrected chi connectivity index (χ3v) is 4.15. The second kappa shape index (κ2) is 5.95. The predicted molar refractivity (Wildman–Crippen MR) is 87.2 cm³/mol. The molecule has 0 fully saturated rings. The molecule has 2 aromatic rings. The van der Waals surface area contributed by atoms with E-state index in [1.54, 1.807) is 14.2 Å². The van der Waals surface area contributed by atoms with Crippen molar-refractivity contribution in [3.05, 3.63) is 35.5 Å². The molecule has 0 aliphatic carbocycles. The van der Waals surface area contributed by atoms with E-state index < -0.39 is 0 Å². The first-order chi connectivity index (χ1) is 11.0. The van der Waals surface area contributed by atoms with Crippen LogP contribution < -0.4 is 14.8 Å². The normalized spacial score (nSPS) is 16.9. The quantitative estimate of drug-likeness (QED) is 0.942. The second-order valence-corrected chi connectivity index (χ2v) is 5.90. The van der Waals surface area contributed by atoms with Crippen LogP contribution in [0.4, 0.5) is 5.82 Å². The van der Waals surface area contributed by atoms with E-state index >= 15 is 0 Å². The molecule has 0 saturated carbocycles. The van der Waals surface area contributed by atoms with Crippen molar-refractivity contribution in [1.29, 1.82) is 0 Å². The summed E-state index contributed by atoms with van der Waals surface area (Å²) in [6, 6.07) is 5.82. The molecule has 1 amide bonds. The Labute approximate surface area is 135 Å². The summed E-state index contributed by atoms with van der Waals surface area (Å²) in [6.45, 7) is 4.07. The number of carbonyl (C=O) groups excluding carboxylic acids is 1. The van der Waals surface area contributed by atoms with E-state index in [4.69, 9.17) is 9.47 Å². The highest BCUT2D eigenvalue weighted by Gasteiger charge is 2.32. The molecule has 1 aliphatic rings. The average Bonchev–Trinajstić information content (AvgIpc) is 2.97. The van der Waals surface area contributed by atoms with Crippen LogP contribution >= 0.6 is 0 Å². The summed E-state index contributed by atoms with van der Waals surface area (Å²) in [5, 5.41) is 7.38. The molecule has 1 aromatic carbocycles. The minimum atomic E-state index is -0.101. The van der Waals surface area contributed by atoms with Crippen LogP contribution in [0.1, 0.15) is 43.4 Å². The molecule has 23 heavy (non-hydrogen) atoms. The van der Waals surface area contributed by atoms with Crippen LogP contribution in [0.5, 0.6) is 11.5 Å². The summed E-state index contributed by atoms with van der Waals surface area (Å²) in [7, 11) is 3.26. The van der Waals surface area contributed by atoms with Crippen LogP contribution in [0.25, 0.3) is 0 Å². The van der Waals surface area contributed by atoms with E-state index in [1.807, 2.05) is 42.9 Å². The van der Waals surface area contributed by atoms with Gasteiger partial charge in [-0.1, -0.05) is 0 Å². The number of anilines is 1. The van der Waals surface area contributed by atoms with Gasteiger partial charge in [0.1, 0.15) is 17.3 Å². The molecule has 2 heterocycles. The zero-order valence-corrected chi connectivity index (χ0v) is 13.8. The van der Waals surface area contributed by atoms with Gasteiger partial charge < -0.3 is 14.8 Å². The van der Waals surface area contributed by atoms with E-state index in [0.29, 0.717) is 6.42 Å². The summed E-state index contributed by atoms with van der Waals surface area (Å²) in [6.07, 6.45) is 2.19. The SMILES string of the molecule is COc1ccc(OC)c([C@@H]2CC(=O)Nc3c2cnn3C(C)C)c1. The van der Waals surface area contributed by atoms with Crippen molar-refractivity contribution < 1.29 is 14.3 Å². The zero-order valence-electron chi connectivity index (χ0n) is 13.8. The number of aromatic nitrogens is 2. The van der Waals surface area contributed by atoms with Gasteiger partial charge in [-0.25, -0.2) is 4.68 Å². The van der Waals surface area contributed by atoms with E-state index in [2.05, 4.69) is 10.4 Å². The standard InChI is InChI=1S/C17H21N3O3/c1-10(2)20-17-14(9-18-20)12(8-16(21)19-17)13-7-11(22-3)5-6-15(13)23-4/h5-7,9-10,12H,8H2,1-4H3,(H,19,21)/t12-/m0/s1. The maximum atomic E-state index is 12.2. The van der Waals surface area contributed by atoms with Crippen molar-refractivity contribution in [3.8, 4) is 11.5 Å². The first kappa shape index (κ1) is 15.4. The first-order valence-corrected chi connectivity index (χ1v) is 7.64. The molecule has 1 N–H and O–H groups in total. The molecule has 0 bridgehead atoms. The van der Waals surface area contributed by atoms with Crippen LogP contribution in [0.2, 0.25) is 0 Å². The van der Waals surface area contributed by atoms with Gasteiger partial charge in [0.05, 0.1) is 20.4 Å². The van der Waals surface area contributed by atoms with Crippen LogP contribution in [0.15, 0.2) is 24.4 Å². The Kier molecular flexibility index (Phi) is 3.98. The third-order valence-electron chi connectivity index (χ3n) is 4.15. The van der Waals surface area contributed by atoms with Crippen LogP contribution in [0.3, 0.4) is 0 Å². The Balaban J connectivity index is 2.13. The molecule has 0 spiro atoms. The molecule has 122 valence electrons. The Hall–Kier alpha value is -2.50. The highest BCUT2D eigenvalue weighted by Crippen LogP contribution is 2.42. The van der Waals surface area contributed by atoms with Crippen molar-refractivity contribution >= 4 is 11.7 Å². The van der Waals surface area contributed by atoms with Gasteiger partial charge in [0.15, 0.2) is 0 Å². The van der Waals surface area contributed by atoms with Gasteiger partial charge in [0.25, 0.3) is 0 Å². The number of amides is 1. The van der Waals surface area contributed by atoms with Crippen molar-refractivity contribution in [2.24, 2.45) is 0 Å². The molecule has 3 rings (SSSR count).